The van der Waals surface area contributed by atoms with Gasteiger partial charge in [-0.15, -0.1) is 0 Å². The summed E-state index contributed by atoms with van der Waals surface area (Å²) in [6.45, 7) is 0. The molecule has 0 amide bonds. The molecule has 12 rings (SSSR count). The van der Waals surface area contributed by atoms with E-state index in [0.29, 0.717) is 0 Å². The van der Waals surface area contributed by atoms with Crippen LogP contribution in [0.25, 0.3) is 33.4 Å². The van der Waals surface area contributed by atoms with Crippen molar-refractivity contribution < 1.29 is 0 Å². The molecule has 0 unspecified atom stereocenters. The Balaban J connectivity index is 1.13. The molecule has 0 atom stereocenters. The number of fused-ring (bicyclic) bond motifs is 13. The van der Waals surface area contributed by atoms with Gasteiger partial charge in [-0.2, -0.15) is 0 Å². The van der Waals surface area contributed by atoms with Gasteiger partial charge in [-0.1, -0.05) is 186 Å². The molecule has 0 heterocycles. The molecule has 3 aliphatic carbocycles. The fourth-order valence-corrected chi connectivity index (χ4v) is 11.2. The molecule has 9 aromatic carbocycles. The van der Waals surface area contributed by atoms with E-state index in [4.69, 9.17) is 0 Å². The zero-order valence-corrected chi connectivity index (χ0v) is 33.2. The zero-order chi connectivity index (χ0) is 38.4. The average Bonchev–Trinajstić information content (AvgIpc) is 3.87. The van der Waals surface area contributed by atoms with Crippen LogP contribution < -0.4 is 4.90 Å². The summed E-state index contributed by atoms with van der Waals surface area (Å²) in [7, 11) is 0. The molecule has 2 heteroatoms. The first-order chi connectivity index (χ1) is 28.7. The molecule has 0 fully saturated rings. The predicted octanol–water partition coefficient (Wildman–Crippen LogP) is 14.6. The summed E-state index contributed by atoms with van der Waals surface area (Å²) in [5.41, 5.74) is 20.6. The van der Waals surface area contributed by atoms with Crippen LogP contribution in [-0.4, -0.2) is 0 Å². The van der Waals surface area contributed by atoms with Gasteiger partial charge in [0.15, 0.2) is 0 Å². The fourth-order valence-electron chi connectivity index (χ4n) is 10.8. The maximum atomic E-state index is 3.88. The van der Waals surface area contributed by atoms with E-state index in [9.17, 15) is 0 Å². The SMILES string of the molecule is Brc1ccc2c(c1)C(c1ccccc1)(c1ccccc1)c1cc(N(c3ccccc3)c3ccc4c(c3)C3(c5ccccc5-c5ccccc53)c3ccccc3-4)ccc1-2. The van der Waals surface area contributed by atoms with Crippen LogP contribution in [0.15, 0.2) is 223 Å². The molecule has 0 saturated heterocycles. The van der Waals surface area contributed by atoms with Gasteiger partial charge in [-0.25, -0.2) is 0 Å². The first-order valence-electron chi connectivity index (χ1n) is 20.0. The second-order valence-corrected chi connectivity index (χ2v) is 16.6. The normalized spacial score (nSPS) is 14.2. The van der Waals surface area contributed by atoms with Crippen LogP contribution in [-0.2, 0) is 10.8 Å². The highest BCUT2D eigenvalue weighted by Gasteiger charge is 2.52. The summed E-state index contributed by atoms with van der Waals surface area (Å²) < 4.78 is 1.07. The first-order valence-corrected chi connectivity index (χ1v) is 20.8. The lowest BCUT2D eigenvalue weighted by Gasteiger charge is -2.35. The number of para-hydroxylation sites is 1. The number of rotatable bonds is 5. The molecular formula is C56H36BrN. The van der Waals surface area contributed by atoms with E-state index in [-0.39, 0.29) is 0 Å². The smallest absolute Gasteiger partial charge is 0.0726 e. The molecule has 0 aromatic heterocycles. The molecule has 9 aromatic rings. The summed E-state index contributed by atoms with van der Waals surface area (Å²) >= 11 is 3.88. The monoisotopic (exact) mass is 801 g/mol. The van der Waals surface area contributed by atoms with E-state index in [1.807, 2.05) is 0 Å². The predicted molar refractivity (Wildman–Crippen MR) is 242 cm³/mol. The van der Waals surface area contributed by atoms with Crippen molar-refractivity contribution in [1.82, 2.24) is 0 Å². The molecule has 1 spiro atoms. The van der Waals surface area contributed by atoms with E-state index in [1.165, 1.54) is 77.9 Å². The largest absolute Gasteiger partial charge is 0.310 e. The lowest BCUT2D eigenvalue weighted by Crippen LogP contribution is -2.28. The minimum atomic E-state index is -0.532. The third-order valence-corrected chi connectivity index (χ3v) is 13.5. The molecule has 0 bridgehead atoms. The lowest BCUT2D eigenvalue weighted by molar-refractivity contribution is 0.768. The molecule has 0 radical (unpaired) electrons. The van der Waals surface area contributed by atoms with E-state index >= 15 is 0 Å². The quantitative estimate of drug-likeness (QED) is 0.168. The Morgan fingerprint density at radius 1 is 0.276 bits per heavy atom. The first kappa shape index (κ1) is 33.4. The third-order valence-electron chi connectivity index (χ3n) is 13.0. The van der Waals surface area contributed by atoms with E-state index in [0.717, 1.165) is 21.5 Å². The van der Waals surface area contributed by atoms with Crippen molar-refractivity contribution in [3.05, 3.63) is 267 Å². The van der Waals surface area contributed by atoms with Crippen LogP contribution in [0.1, 0.15) is 44.5 Å². The highest BCUT2D eigenvalue weighted by Crippen LogP contribution is 2.64. The Morgan fingerprint density at radius 3 is 1.12 bits per heavy atom. The van der Waals surface area contributed by atoms with Gasteiger partial charge in [-0.3, -0.25) is 0 Å². The van der Waals surface area contributed by atoms with E-state index in [1.54, 1.807) is 0 Å². The lowest BCUT2D eigenvalue weighted by atomic mass is 9.67. The Bertz CT molecular complexity index is 2970. The highest BCUT2D eigenvalue weighted by atomic mass is 79.9. The van der Waals surface area contributed by atoms with Crippen molar-refractivity contribution >= 4 is 33.0 Å². The molecular weight excluding hydrogens is 767 g/mol. The number of hydrogen-bond acceptors (Lipinski definition) is 1. The third kappa shape index (κ3) is 4.41. The van der Waals surface area contributed by atoms with Crippen LogP contribution in [0.3, 0.4) is 0 Å². The van der Waals surface area contributed by atoms with Crippen molar-refractivity contribution in [2.75, 3.05) is 4.90 Å². The standard InChI is InChI=1S/C56H36BrN/c57-39-28-31-46-48-33-30-41(35-53(48)55(52(46)34-39,37-16-4-1-5-17-37)38-18-6-2-7-19-38)58(40-20-8-3-9-21-40)42-29-32-47-45-24-12-15-27-51(45)56(54(47)36-42)49-25-13-10-22-43(49)44-23-11-14-26-50(44)56/h1-36H. The van der Waals surface area contributed by atoms with Gasteiger partial charge in [0.2, 0.25) is 0 Å². The second kappa shape index (κ2) is 12.6. The summed E-state index contributed by atoms with van der Waals surface area (Å²) in [5, 5.41) is 0. The van der Waals surface area contributed by atoms with Crippen LogP contribution in [0.2, 0.25) is 0 Å². The Morgan fingerprint density at radius 2 is 0.638 bits per heavy atom. The molecule has 272 valence electrons. The second-order valence-electron chi connectivity index (χ2n) is 15.7. The van der Waals surface area contributed by atoms with Gasteiger partial charge >= 0.3 is 0 Å². The van der Waals surface area contributed by atoms with Crippen molar-refractivity contribution in [1.29, 1.82) is 0 Å². The van der Waals surface area contributed by atoms with Gasteiger partial charge < -0.3 is 4.90 Å². The highest BCUT2D eigenvalue weighted by molar-refractivity contribution is 9.10. The topological polar surface area (TPSA) is 3.24 Å². The molecule has 3 aliphatic rings. The Kier molecular flexibility index (Phi) is 7.28. The number of nitrogens with zero attached hydrogens (tertiary/aromatic N) is 1. The number of anilines is 3. The van der Waals surface area contributed by atoms with Crippen LogP contribution in [0.5, 0.6) is 0 Å². The Labute approximate surface area is 347 Å². The summed E-state index contributed by atoms with van der Waals surface area (Å²) in [6, 6.07) is 81.3. The summed E-state index contributed by atoms with van der Waals surface area (Å²) in [4.78, 5) is 2.46. The van der Waals surface area contributed by atoms with Crippen molar-refractivity contribution in [2.24, 2.45) is 0 Å². The number of benzene rings is 9. The van der Waals surface area contributed by atoms with E-state index < -0.39 is 10.8 Å². The van der Waals surface area contributed by atoms with Gasteiger partial charge in [-0.05, 0) is 126 Å². The van der Waals surface area contributed by atoms with Gasteiger partial charge in [0.25, 0.3) is 0 Å². The molecule has 1 nitrogen and oxygen atoms in total. The van der Waals surface area contributed by atoms with Crippen molar-refractivity contribution in [3.8, 4) is 33.4 Å². The Hall–Kier alpha value is -6.74. The minimum absolute atomic E-state index is 0.430. The molecule has 0 N–H and O–H groups in total. The fraction of sp³-hybridized carbons (Fsp3) is 0.0357. The average molecular weight is 803 g/mol. The van der Waals surface area contributed by atoms with Gasteiger partial charge in [0.05, 0.1) is 10.8 Å². The zero-order valence-electron chi connectivity index (χ0n) is 31.6. The minimum Gasteiger partial charge on any atom is -0.310 e. The van der Waals surface area contributed by atoms with Crippen LogP contribution in [0, 0.1) is 0 Å². The summed E-state index contributed by atoms with van der Waals surface area (Å²) in [5.74, 6) is 0. The molecule has 0 saturated carbocycles. The summed E-state index contributed by atoms with van der Waals surface area (Å²) in [6.07, 6.45) is 0. The molecule has 0 aliphatic heterocycles. The maximum absolute atomic E-state index is 3.88. The van der Waals surface area contributed by atoms with Crippen molar-refractivity contribution in [3.63, 3.8) is 0 Å². The number of halogens is 1. The number of hydrogen-bond donors (Lipinski definition) is 0. The van der Waals surface area contributed by atoms with Crippen molar-refractivity contribution in [2.45, 2.75) is 10.8 Å². The van der Waals surface area contributed by atoms with Gasteiger partial charge in [0, 0.05) is 21.5 Å². The molecule has 58 heavy (non-hydrogen) atoms. The van der Waals surface area contributed by atoms with Crippen LogP contribution >= 0.6 is 15.9 Å². The van der Waals surface area contributed by atoms with Crippen LogP contribution in [0.4, 0.5) is 17.1 Å². The van der Waals surface area contributed by atoms with Gasteiger partial charge in [0.1, 0.15) is 0 Å². The maximum Gasteiger partial charge on any atom is 0.0726 e. The van der Waals surface area contributed by atoms with E-state index in [2.05, 4.69) is 239 Å².